The maximum Gasteiger partial charge on any atom is 0.236 e. The van der Waals surface area contributed by atoms with Crippen LogP contribution in [0.2, 0.25) is 0 Å². The lowest BCUT2D eigenvalue weighted by molar-refractivity contribution is -0.133. The number of hydrogen-bond donors (Lipinski definition) is 1. The summed E-state index contributed by atoms with van der Waals surface area (Å²) in [5.74, 6) is 0.224. The number of hydrogen-bond acceptors (Lipinski definition) is 2. The smallest absolute Gasteiger partial charge is 0.236 e. The number of carbonyl (C=O) groups excluding carboxylic acids is 1. The Morgan fingerprint density at radius 2 is 1.79 bits per heavy atom. The molecular weight excluding hydrogens is 176 g/mol. The van der Waals surface area contributed by atoms with E-state index >= 15 is 0 Å². The van der Waals surface area contributed by atoms with Crippen molar-refractivity contribution in [2.24, 2.45) is 0 Å². The van der Waals surface area contributed by atoms with Crippen LogP contribution in [0.1, 0.15) is 40.5 Å². The molecule has 82 valence electrons. The quantitative estimate of drug-likeness (QED) is 0.724. The molecule has 0 aromatic carbocycles. The number of carbonyl (C=O) groups is 1. The van der Waals surface area contributed by atoms with Crippen molar-refractivity contribution in [3.05, 3.63) is 0 Å². The van der Waals surface area contributed by atoms with E-state index in [-0.39, 0.29) is 5.91 Å². The molecule has 0 spiro atoms. The minimum Gasteiger partial charge on any atom is -0.337 e. The van der Waals surface area contributed by atoms with E-state index in [1.54, 1.807) is 0 Å². The molecule has 0 aliphatic heterocycles. The van der Waals surface area contributed by atoms with Gasteiger partial charge in [0.2, 0.25) is 5.91 Å². The summed E-state index contributed by atoms with van der Waals surface area (Å²) in [4.78, 5) is 13.8. The van der Waals surface area contributed by atoms with Gasteiger partial charge in [0.1, 0.15) is 0 Å². The molecule has 1 fully saturated rings. The predicted molar refractivity (Wildman–Crippen MR) is 58.1 cm³/mol. The summed E-state index contributed by atoms with van der Waals surface area (Å²) in [6.07, 6.45) is 2.47. The standard InChI is InChI=1S/C11H22N2O/c1-8(2)13(9(3)4)11(14)7-12-10-5-6-10/h8-10,12H,5-7H2,1-4H3. The van der Waals surface area contributed by atoms with Crippen molar-refractivity contribution in [1.82, 2.24) is 10.2 Å². The van der Waals surface area contributed by atoms with Crippen LogP contribution in [0.4, 0.5) is 0 Å². The van der Waals surface area contributed by atoms with E-state index in [1.807, 2.05) is 4.90 Å². The SMILES string of the molecule is CC(C)N(C(=O)CNC1CC1)C(C)C. The van der Waals surface area contributed by atoms with Crippen molar-refractivity contribution < 1.29 is 4.79 Å². The van der Waals surface area contributed by atoms with Crippen LogP contribution >= 0.6 is 0 Å². The van der Waals surface area contributed by atoms with E-state index in [1.165, 1.54) is 12.8 Å². The van der Waals surface area contributed by atoms with Crippen molar-refractivity contribution in [3.8, 4) is 0 Å². The molecule has 1 amide bonds. The average molecular weight is 198 g/mol. The van der Waals surface area contributed by atoms with Crippen LogP contribution in [-0.2, 0) is 4.79 Å². The lowest BCUT2D eigenvalue weighted by Gasteiger charge is -2.30. The lowest BCUT2D eigenvalue weighted by atomic mass is 10.2. The van der Waals surface area contributed by atoms with Crippen LogP contribution in [0.25, 0.3) is 0 Å². The Kier molecular flexibility index (Phi) is 3.93. The van der Waals surface area contributed by atoms with Gasteiger partial charge in [0.15, 0.2) is 0 Å². The normalized spacial score (nSPS) is 16.4. The van der Waals surface area contributed by atoms with Crippen molar-refractivity contribution in [2.45, 2.75) is 58.7 Å². The van der Waals surface area contributed by atoms with Gasteiger partial charge in [-0.15, -0.1) is 0 Å². The first-order valence-corrected chi connectivity index (χ1v) is 5.57. The highest BCUT2D eigenvalue weighted by molar-refractivity contribution is 5.78. The van der Waals surface area contributed by atoms with E-state index < -0.39 is 0 Å². The van der Waals surface area contributed by atoms with Crippen LogP contribution < -0.4 is 5.32 Å². The molecule has 0 aromatic rings. The van der Waals surface area contributed by atoms with Crippen LogP contribution in [-0.4, -0.2) is 35.5 Å². The number of nitrogens with one attached hydrogen (secondary N) is 1. The fraction of sp³-hybridized carbons (Fsp3) is 0.909. The molecule has 0 unspecified atom stereocenters. The molecule has 1 saturated carbocycles. The van der Waals surface area contributed by atoms with Gasteiger partial charge in [-0.2, -0.15) is 0 Å². The molecular formula is C11H22N2O. The lowest BCUT2D eigenvalue weighted by Crippen LogP contribution is -2.46. The molecule has 0 radical (unpaired) electrons. The molecule has 3 nitrogen and oxygen atoms in total. The van der Waals surface area contributed by atoms with Gasteiger partial charge < -0.3 is 10.2 Å². The zero-order valence-corrected chi connectivity index (χ0v) is 9.71. The maximum absolute atomic E-state index is 11.8. The van der Waals surface area contributed by atoms with Gasteiger partial charge >= 0.3 is 0 Å². The van der Waals surface area contributed by atoms with Gasteiger partial charge in [-0.25, -0.2) is 0 Å². The molecule has 0 heterocycles. The fourth-order valence-electron chi connectivity index (χ4n) is 1.78. The van der Waals surface area contributed by atoms with E-state index in [0.717, 1.165) is 0 Å². The zero-order chi connectivity index (χ0) is 10.7. The Hall–Kier alpha value is -0.570. The first kappa shape index (κ1) is 11.5. The maximum atomic E-state index is 11.8. The third-order valence-corrected chi connectivity index (χ3v) is 2.52. The second-order valence-corrected chi connectivity index (χ2v) is 4.64. The summed E-state index contributed by atoms with van der Waals surface area (Å²) in [5.41, 5.74) is 0. The first-order chi connectivity index (χ1) is 6.52. The Morgan fingerprint density at radius 1 is 1.29 bits per heavy atom. The summed E-state index contributed by atoms with van der Waals surface area (Å²) in [6, 6.07) is 1.20. The molecule has 1 aliphatic rings. The second-order valence-electron chi connectivity index (χ2n) is 4.64. The minimum absolute atomic E-state index is 0.224. The molecule has 1 rings (SSSR count). The second kappa shape index (κ2) is 4.78. The van der Waals surface area contributed by atoms with Crippen LogP contribution in [0.15, 0.2) is 0 Å². The highest BCUT2D eigenvalue weighted by atomic mass is 16.2. The van der Waals surface area contributed by atoms with Crippen LogP contribution in [0.5, 0.6) is 0 Å². The summed E-state index contributed by atoms with van der Waals surface area (Å²) in [6.45, 7) is 8.76. The number of nitrogens with zero attached hydrogens (tertiary/aromatic N) is 1. The molecule has 0 aromatic heterocycles. The van der Waals surface area contributed by atoms with Gasteiger partial charge in [0.05, 0.1) is 6.54 Å². The number of amides is 1. The van der Waals surface area contributed by atoms with Crippen molar-refractivity contribution in [1.29, 1.82) is 0 Å². The topological polar surface area (TPSA) is 32.3 Å². The third-order valence-electron chi connectivity index (χ3n) is 2.52. The predicted octanol–water partition coefficient (Wildman–Crippen LogP) is 1.38. The Labute approximate surface area is 86.9 Å². The molecule has 0 bridgehead atoms. The van der Waals surface area contributed by atoms with Gasteiger partial charge in [-0.3, -0.25) is 4.79 Å². The summed E-state index contributed by atoms with van der Waals surface area (Å²) in [5, 5.41) is 3.26. The van der Waals surface area contributed by atoms with E-state index in [2.05, 4.69) is 33.0 Å². The Balaban J connectivity index is 2.36. The van der Waals surface area contributed by atoms with Crippen molar-refractivity contribution in [2.75, 3.05) is 6.54 Å². The van der Waals surface area contributed by atoms with Gasteiger partial charge in [-0.1, -0.05) is 0 Å². The van der Waals surface area contributed by atoms with E-state index in [9.17, 15) is 4.79 Å². The molecule has 1 aliphatic carbocycles. The zero-order valence-electron chi connectivity index (χ0n) is 9.71. The van der Waals surface area contributed by atoms with Crippen molar-refractivity contribution >= 4 is 5.91 Å². The molecule has 0 saturated heterocycles. The summed E-state index contributed by atoms with van der Waals surface area (Å²) < 4.78 is 0. The third kappa shape index (κ3) is 3.29. The fourth-order valence-corrected chi connectivity index (χ4v) is 1.78. The van der Waals surface area contributed by atoms with Gasteiger partial charge in [0.25, 0.3) is 0 Å². The average Bonchev–Trinajstić information content (AvgIpc) is 2.81. The van der Waals surface area contributed by atoms with E-state index in [0.29, 0.717) is 24.7 Å². The highest BCUT2D eigenvalue weighted by Gasteiger charge is 2.24. The Morgan fingerprint density at radius 3 is 2.14 bits per heavy atom. The largest absolute Gasteiger partial charge is 0.337 e. The molecule has 14 heavy (non-hydrogen) atoms. The van der Waals surface area contributed by atoms with Gasteiger partial charge in [0, 0.05) is 18.1 Å². The minimum atomic E-state index is 0.224. The van der Waals surface area contributed by atoms with Crippen molar-refractivity contribution in [3.63, 3.8) is 0 Å². The summed E-state index contributed by atoms with van der Waals surface area (Å²) in [7, 11) is 0. The Bertz CT molecular complexity index is 189. The molecule has 3 heteroatoms. The molecule has 1 N–H and O–H groups in total. The monoisotopic (exact) mass is 198 g/mol. The van der Waals surface area contributed by atoms with Crippen LogP contribution in [0.3, 0.4) is 0 Å². The first-order valence-electron chi connectivity index (χ1n) is 5.57. The van der Waals surface area contributed by atoms with Crippen LogP contribution in [0, 0.1) is 0 Å². The van der Waals surface area contributed by atoms with E-state index in [4.69, 9.17) is 0 Å². The highest BCUT2D eigenvalue weighted by Crippen LogP contribution is 2.18. The number of rotatable bonds is 5. The summed E-state index contributed by atoms with van der Waals surface area (Å²) >= 11 is 0. The molecule has 0 atom stereocenters. The van der Waals surface area contributed by atoms with Gasteiger partial charge in [-0.05, 0) is 40.5 Å².